The Kier molecular flexibility index (Phi) is 6.82. The van der Waals surface area contributed by atoms with Crippen LogP contribution in [0.3, 0.4) is 0 Å². The first-order valence-corrected chi connectivity index (χ1v) is 9.02. The summed E-state index contributed by atoms with van der Waals surface area (Å²) in [5.41, 5.74) is 6.02. The first kappa shape index (κ1) is 19.4. The lowest BCUT2D eigenvalue weighted by Gasteiger charge is -2.35. The van der Waals surface area contributed by atoms with Gasteiger partial charge in [-0.3, -0.25) is 4.79 Å². The molecule has 0 aliphatic carbocycles. The molecule has 1 atom stereocenters. The van der Waals surface area contributed by atoms with Crippen molar-refractivity contribution >= 4 is 44.3 Å². The molecular formula is C13H19BrClN3O3S. The largest absolute Gasteiger partial charge is 0.334 e. The van der Waals surface area contributed by atoms with Crippen LogP contribution in [0.4, 0.5) is 0 Å². The Hall–Kier alpha value is -0.670. The summed E-state index contributed by atoms with van der Waals surface area (Å²) in [5.74, 6) is -0.220. The van der Waals surface area contributed by atoms with Gasteiger partial charge in [-0.2, -0.15) is 0 Å². The summed E-state index contributed by atoms with van der Waals surface area (Å²) in [4.78, 5) is 14.3. The van der Waals surface area contributed by atoms with Crippen molar-refractivity contribution < 1.29 is 13.2 Å². The Balaban J connectivity index is 0.00000242. The van der Waals surface area contributed by atoms with Crippen LogP contribution in [0.25, 0.3) is 0 Å². The Morgan fingerprint density at radius 3 is 2.64 bits per heavy atom. The van der Waals surface area contributed by atoms with Gasteiger partial charge < -0.3 is 10.6 Å². The molecule has 1 amide bonds. The second-order valence-electron chi connectivity index (χ2n) is 5.07. The van der Waals surface area contributed by atoms with Gasteiger partial charge in [0, 0.05) is 23.6 Å². The van der Waals surface area contributed by atoms with Gasteiger partial charge in [0.1, 0.15) is 0 Å². The zero-order valence-corrected chi connectivity index (χ0v) is 15.1. The highest BCUT2D eigenvalue weighted by molar-refractivity contribution is 9.10. The summed E-state index contributed by atoms with van der Waals surface area (Å²) < 4.78 is 23.4. The molecule has 124 valence electrons. The normalized spacial score (nSPS) is 18.7. The number of halogens is 2. The molecule has 2 rings (SSSR count). The lowest BCUT2D eigenvalue weighted by molar-refractivity contribution is 0.0622. The van der Waals surface area contributed by atoms with Gasteiger partial charge in [0.15, 0.2) is 0 Å². The Morgan fingerprint density at radius 2 is 2.05 bits per heavy atom. The molecule has 1 aliphatic rings. The molecule has 1 aliphatic heterocycles. The van der Waals surface area contributed by atoms with Gasteiger partial charge in [-0.25, -0.2) is 13.6 Å². The van der Waals surface area contributed by atoms with Crippen molar-refractivity contribution in [1.82, 2.24) is 4.90 Å². The van der Waals surface area contributed by atoms with Crippen LogP contribution in [0.2, 0.25) is 0 Å². The van der Waals surface area contributed by atoms with Crippen molar-refractivity contribution in [3.63, 3.8) is 0 Å². The SMILES string of the molecule is Cl.NCC1CCCCN1C(=O)c1cc(S(N)(=O)=O)ccc1Br. The predicted molar refractivity (Wildman–Crippen MR) is 90.5 cm³/mol. The molecule has 1 aromatic carbocycles. The molecule has 0 radical (unpaired) electrons. The minimum atomic E-state index is -3.84. The third kappa shape index (κ3) is 4.20. The highest BCUT2D eigenvalue weighted by Gasteiger charge is 2.28. The van der Waals surface area contributed by atoms with E-state index in [4.69, 9.17) is 10.9 Å². The number of sulfonamides is 1. The van der Waals surface area contributed by atoms with Crippen molar-refractivity contribution in [2.45, 2.75) is 30.2 Å². The fourth-order valence-corrected chi connectivity index (χ4v) is 3.47. The zero-order chi connectivity index (χ0) is 15.6. The van der Waals surface area contributed by atoms with Crippen LogP contribution in [-0.2, 0) is 10.0 Å². The van der Waals surface area contributed by atoms with Crippen LogP contribution in [0.5, 0.6) is 0 Å². The molecule has 0 aromatic heterocycles. The van der Waals surface area contributed by atoms with E-state index < -0.39 is 10.0 Å². The first-order valence-electron chi connectivity index (χ1n) is 6.68. The number of rotatable bonds is 3. The van der Waals surface area contributed by atoms with Crippen LogP contribution in [0.1, 0.15) is 29.6 Å². The third-order valence-electron chi connectivity index (χ3n) is 3.66. The van der Waals surface area contributed by atoms with Crippen molar-refractivity contribution in [3.8, 4) is 0 Å². The lowest BCUT2D eigenvalue weighted by Crippen LogP contribution is -2.47. The number of nitrogens with two attached hydrogens (primary N) is 2. The summed E-state index contributed by atoms with van der Waals surface area (Å²) in [6, 6.07) is 4.20. The van der Waals surface area contributed by atoms with Crippen LogP contribution in [-0.4, -0.2) is 38.4 Å². The number of amides is 1. The zero-order valence-electron chi connectivity index (χ0n) is 11.9. The molecule has 4 N–H and O–H groups in total. The Labute approximate surface area is 144 Å². The van der Waals surface area contributed by atoms with E-state index in [9.17, 15) is 13.2 Å². The summed E-state index contributed by atoms with van der Waals surface area (Å²) in [7, 11) is -3.84. The number of piperidine rings is 1. The van der Waals surface area contributed by atoms with E-state index in [2.05, 4.69) is 15.9 Å². The quantitative estimate of drug-likeness (QED) is 0.784. The summed E-state index contributed by atoms with van der Waals surface area (Å²) in [5, 5.41) is 5.12. The van der Waals surface area contributed by atoms with Gasteiger partial charge in [-0.15, -0.1) is 12.4 Å². The predicted octanol–water partition coefficient (Wildman–Crippen LogP) is 1.47. The molecule has 1 unspecified atom stereocenters. The van der Waals surface area contributed by atoms with E-state index >= 15 is 0 Å². The van der Waals surface area contributed by atoms with Crippen molar-refractivity contribution in [3.05, 3.63) is 28.2 Å². The summed E-state index contributed by atoms with van der Waals surface area (Å²) >= 11 is 3.29. The van der Waals surface area contributed by atoms with E-state index in [1.165, 1.54) is 18.2 Å². The van der Waals surface area contributed by atoms with Crippen LogP contribution in [0, 0.1) is 0 Å². The van der Waals surface area contributed by atoms with Crippen LogP contribution in [0.15, 0.2) is 27.6 Å². The van der Waals surface area contributed by atoms with Crippen molar-refractivity contribution in [1.29, 1.82) is 0 Å². The Bertz CT molecular complexity index is 654. The molecule has 0 saturated carbocycles. The number of hydrogen-bond acceptors (Lipinski definition) is 4. The molecule has 1 heterocycles. The average Bonchev–Trinajstić information content (AvgIpc) is 2.45. The fourth-order valence-electron chi connectivity index (χ4n) is 2.51. The van der Waals surface area contributed by atoms with Crippen molar-refractivity contribution in [2.24, 2.45) is 10.9 Å². The number of benzene rings is 1. The number of likely N-dealkylation sites (tertiary alicyclic amines) is 1. The maximum atomic E-state index is 12.7. The first-order chi connectivity index (χ1) is 9.84. The van der Waals surface area contributed by atoms with E-state index in [1.54, 1.807) is 4.90 Å². The van der Waals surface area contributed by atoms with Crippen LogP contribution < -0.4 is 10.9 Å². The fraction of sp³-hybridized carbons (Fsp3) is 0.462. The van der Waals surface area contributed by atoms with E-state index in [-0.39, 0.29) is 29.3 Å². The maximum absolute atomic E-state index is 12.7. The molecule has 0 spiro atoms. The maximum Gasteiger partial charge on any atom is 0.255 e. The van der Waals surface area contributed by atoms with Crippen molar-refractivity contribution in [2.75, 3.05) is 13.1 Å². The molecule has 1 aromatic rings. The third-order valence-corrected chi connectivity index (χ3v) is 5.26. The number of primary sulfonamides is 1. The molecule has 1 saturated heterocycles. The minimum absolute atomic E-state index is 0. The lowest BCUT2D eigenvalue weighted by atomic mass is 10.0. The number of carbonyl (C=O) groups is 1. The van der Waals surface area contributed by atoms with E-state index in [0.717, 1.165) is 19.3 Å². The Morgan fingerprint density at radius 1 is 1.36 bits per heavy atom. The second-order valence-corrected chi connectivity index (χ2v) is 7.49. The highest BCUT2D eigenvalue weighted by atomic mass is 79.9. The average molecular weight is 413 g/mol. The molecule has 6 nitrogen and oxygen atoms in total. The van der Waals surface area contributed by atoms with Crippen LogP contribution >= 0.6 is 28.3 Å². The highest BCUT2D eigenvalue weighted by Crippen LogP contribution is 2.25. The summed E-state index contributed by atoms with van der Waals surface area (Å²) in [6.07, 6.45) is 2.84. The number of hydrogen-bond donors (Lipinski definition) is 2. The van der Waals surface area contributed by atoms with E-state index in [1.807, 2.05) is 0 Å². The smallest absolute Gasteiger partial charge is 0.255 e. The second kappa shape index (κ2) is 7.74. The molecule has 22 heavy (non-hydrogen) atoms. The van der Waals surface area contributed by atoms with Gasteiger partial charge in [0.05, 0.1) is 10.5 Å². The molecule has 9 heteroatoms. The number of nitrogens with zero attached hydrogens (tertiary/aromatic N) is 1. The van der Waals surface area contributed by atoms with Gasteiger partial charge in [-0.1, -0.05) is 0 Å². The monoisotopic (exact) mass is 411 g/mol. The topological polar surface area (TPSA) is 106 Å². The summed E-state index contributed by atoms with van der Waals surface area (Å²) in [6.45, 7) is 1.03. The standard InChI is InChI=1S/C13H18BrN3O3S.ClH/c14-12-5-4-10(21(16,19)20)7-11(12)13(18)17-6-2-1-3-9(17)8-15;/h4-5,7,9H,1-3,6,8,15H2,(H2,16,19,20);1H. The van der Waals surface area contributed by atoms with E-state index in [0.29, 0.717) is 23.1 Å². The minimum Gasteiger partial charge on any atom is -0.334 e. The molecule has 1 fully saturated rings. The van der Waals surface area contributed by atoms with Gasteiger partial charge in [0.25, 0.3) is 5.91 Å². The molecule has 0 bridgehead atoms. The molecular weight excluding hydrogens is 394 g/mol. The van der Waals surface area contributed by atoms with Gasteiger partial charge in [-0.05, 0) is 53.4 Å². The van der Waals surface area contributed by atoms with Gasteiger partial charge in [0.2, 0.25) is 10.0 Å². The van der Waals surface area contributed by atoms with Gasteiger partial charge >= 0.3 is 0 Å². The number of carbonyl (C=O) groups excluding carboxylic acids is 1.